The zero-order valence-corrected chi connectivity index (χ0v) is 13.5. The van der Waals surface area contributed by atoms with Crippen LogP contribution in [0.2, 0.25) is 0 Å². The SMILES string of the molecule is COc1ccc(C)cc1NC(=O)C(=O)NCC[C@@H](O)c1ccco1. The van der Waals surface area contributed by atoms with Crippen LogP contribution in [0.4, 0.5) is 5.69 Å². The maximum Gasteiger partial charge on any atom is 0.313 e. The van der Waals surface area contributed by atoms with Gasteiger partial charge in [0.05, 0.1) is 19.1 Å². The maximum atomic E-state index is 11.9. The number of nitrogens with one attached hydrogen (secondary N) is 2. The van der Waals surface area contributed by atoms with Gasteiger partial charge in [0.15, 0.2) is 0 Å². The van der Waals surface area contributed by atoms with E-state index in [-0.39, 0.29) is 13.0 Å². The Kier molecular flexibility index (Phi) is 5.97. The average molecular weight is 332 g/mol. The Bertz CT molecular complexity index is 697. The van der Waals surface area contributed by atoms with Crippen LogP contribution >= 0.6 is 0 Å². The largest absolute Gasteiger partial charge is 0.495 e. The number of anilines is 1. The molecule has 0 radical (unpaired) electrons. The molecule has 128 valence electrons. The molecule has 0 spiro atoms. The molecule has 1 atom stereocenters. The minimum Gasteiger partial charge on any atom is -0.495 e. The van der Waals surface area contributed by atoms with Crippen LogP contribution in [-0.2, 0) is 9.59 Å². The smallest absolute Gasteiger partial charge is 0.313 e. The number of benzene rings is 1. The molecule has 1 aromatic carbocycles. The van der Waals surface area contributed by atoms with Gasteiger partial charge in [-0.25, -0.2) is 0 Å². The number of furan rings is 1. The fourth-order valence-corrected chi connectivity index (χ4v) is 2.12. The Hall–Kier alpha value is -2.80. The number of aryl methyl sites for hydroxylation is 1. The molecule has 0 saturated heterocycles. The first-order valence-corrected chi connectivity index (χ1v) is 7.46. The molecule has 7 heteroatoms. The van der Waals surface area contributed by atoms with E-state index in [1.165, 1.54) is 13.4 Å². The molecule has 0 unspecified atom stereocenters. The van der Waals surface area contributed by atoms with Crippen molar-refractivity contribution < 1.29 is 23.8 Å². The summed E-state index contributed by atoms with van der Waals surface area (Å²) in [5.41, 5.74) is 1.35. The fraction of sp³-hybridized carbons (Fsp3) is 0.294. The lowest BCUT2D eigenvalue weighted by Crippen LogP contribution is -2.36. The molecule has 0 bridgehead atoms. The number of carbonyl (C=O) groups is 2. The van der Waals surface area contributed by atoms with Gasteiger partial charge < -0.3 is 24.9 Å². The number of amides is 2. The van der Waals surface area contributed by atoms with Crippen molar-refractivity contribution in [2.45, 2.75) is 19.4 Å². The van der Waals surface area contributed by atoms with Gasteiger partial charge >= 0.3 is 11.8 Å². The first kappa shape index (κ1) is 17.6. The van der Waals surface area contributed by atoms with Gasteiger partial charge in [-0.3, -0.25) is 9.59 Å². The van der Waals surface area contributed by atoms with Crippen LogP contribution in [0.15, 0.2) is 41.0 Å². The molecule has 1 aromatic heterocycles. The molecule has 1 heterocycles. The van der Waals surface area contributed by atoms with Crippen molar-refractivity contribution in [3.8, 4) is 5.75 Å². The average Bonchev–Trinajstić information content (AvgIpc) is 3.09. The molecule has 3 N–H and O–H groups in total. The second-order valence-corrected chi connectivity index (χ2v) is 5.23. The first-order chi connectivity index (χ1) is 11.5. The zero-order chi connectivity index (χ0) is 17.5. The summed E-state index contributed by atoms with van der Waals surface area (Å²) < 4.78 is 10.2. The second-order valence-electron chi connectivity index (χ2n) is 5.23. The van der Waals surface area contributed by atoms with Gasteiger partial charge in [0.1, 0.15) is 17.6 Å². The second kappa shape index (κ2) is 8.16. The van der Waals surface area contributed by atoms with Gasteiger partial charge in [0.25, 0.3) is 0 Å². The monoisotopic (exact) mass is 332 g/mol. The number of ether oxygens (including phenoxy) is 1. The quantitative estimate of drug-likeness (QED) is 0.700. The van der Waals surface area contributed by atoms with Crippen molar-refractivity contribution >= 4 is 17.5 Å². The lowest BCUT2D eigenvalue weighted by Gasteiger charge is -2.12. The molecule has 0 fully saturated rings. The number of aliphatic hydroxyl groups is 1. The number of hydrogen-bond donors (Lipinski definition) is 3. The maximum absolute atomic E-state index is 11.9. The van der Waals surface area contributed by atoms with Crippen LogP contribution in [0, 0.1) is 6.92 Å². The molecule has 2 amide bonds. The van der Waals surface area contributed by atoms with Gasteiger partial charge in [-0.05, 0) is 43.2 Å². The van der Waals surface area contributed by atoms with E-state index in [1.807, 2.05) is 13.0 Å². The van der Waals surface area contributed by atoms with Gasteiger partial charge in [0, 0.05) is 6.54 Å². The summed E-state index contributed by atoms with van der Waals surface area (Å²) >= 11 is 0. The van der Waals surface area contributed by atoms with Crippen LogP contribution in [0.25, 0.3) is 0 Å². The van der Waals surface area contributed by atoms with Crippen LogP contribution < -0.4 is 15.4 Å². The summed E-state index contributed by atoms with van der Waals surface area (Å²) in [4.78, 5) is 23.8. The van der Waals surface area contributed by atoms with E-state index in [0.717, 1.165) is 5.56 Å². The molecule has 7 nitrogen and oxygen atoms in total. The Labute approximate surface area is 139 Å². The van der Waals surface area contributed by atoms with E-state index >= 15 is 0 Å². The number of hydrogen-bond acceptors (Lipinski definition) is 5. The highest BCUT2D eigenvalue weighted by Gasteiger charge is 2.17. The number of aliphatic hydroxyl groups excluding tert-OH is 1. The minimum absolute atomic E-state index is 0.138. The summed E-state index contributed by atoms with van der Waals surface area (Å²) in [7, 11) is 1.48. The number of rotatable bonds is 6. The Balaban J connectivity index is 1.84. The lowest BCUT2D eigenvalue weighted by atomic mass is 10.2. The van der Waals surface area contributed by atoms with E-state index in [1.54, 1.807) is 24.3 Å². The van der Waals surface area contributed by atoms with Crippen molar-refractivity contribution in [3.05, 3.63) is 47.9 Å². The predicted octanol–water partition coefficient (Wildman–Crippen LogP) is 1.78. The molecular weight excluding hydrogens is 312 g/mol. The first-order valence-electron chi connectivity index (χ1n) is 7.46. The summed E-state index contributed by atoms with van der Waals surface area (Å²) in [6.07, 6.45) is 0.861. The lowest BCUT2D eigenvalue weighted by molar-refractivity contribution is -0.136. The summed E-state index contributed by atoms with van der Waals surface area (Å²) in [6.45, 7) is 2.00. The topological polar surface area (TPSA) is 101 Å². The molecular formula is C17H20N2O5. The standard InChI is InChI=1S/C17H20N2O5/c1-11-5-6-14(23-2)12(10-11)19-17(22)16(21)18-8-7-13(20)15-4-3-9-24-15/h3-6,9-10,13,20H,7-8H2,1-2H3,(H,18,21)(H,19,22)/t13-/m1/s1. The highest BCUT2D eigenvalue weighted by molar-refractivity contribution is 6.39. The Morgan fingerprint density at radius 2 is 2.08 bits per heavy atom. The van der Waals surface area contributed by atoms with Crippen molar-refractivity contribution in [2.75, 3.05) is 19.0 Å². The van der Waals surface area contributed by atoms with Gasteiger partial charge in [-0.1, -0.05) is 6.07 Å². The number of methoxy groups -OCH3 is 1. The Morgan fingerprint density at radius 3 is 2.75 bits per heavy atom. The van der Waals surface area contributed by atoms with Crippen molar-refractivity contribution in [3.63, 3.8) is 0 Å². The summed E-state index contributed by atoms with van der Waals surface area (Å²) in [6, 6.07) is 8.57. The molecule has 0 saturated carbocycles. The van der Waals surface area contributed by atoms with Crippen molar-refractivity contribution in [1.29, 1.82) is 0 Å². The van der Waals surface area contributed by atoms with Gasteiger partial charge in [0.2, 0.25) is 0 Å². The normalized spacial score (nSPS) is 11.6. The fourth-order valence-electron chi connectivity index (χ4n) is 2.12. The third-order valence-electron chi connectivity index (χ3n) is 3.38. The van der Waals surface area contributed by atoms with Crippen LogP contribution in [0.1, 0.15) is 23.8 Å². The van der Waals surface area contributed by atoms with Gasteiger partial charge in [-0.15, -0.1) is 0 Å². The molecule has 0 aliphatic carbocycles. The molecule has 0 aliphatic heterocycles. The third kappa shape index (κ3) is 4.60. The van der Waals surface area contributed by atoms with Crippen LogP contribution in [0.3, 0.4) is 0 Å². The van der Waals surface area contributed by atoms with Crippen molar-refractivity contribution in [1.82, 2.24) is 5.32 Å². The van der Waals surface area contributed by atoms with Gasteiger partial charge in [-0.2, -0.15) is 0 Å². The van der Waals surface area contributed by atoms with Crippen LogP contribution in [-0.4, -0.2) is 30.6 Å². The van der Waals surface area contributed by atoms with E-state index in [9.17, 15) is 14.7 Å². The molecule has 0 aliphatic rings. The highest BCUT2D eigenvalue weighted by Crippen LogP contribution is 2.25. The zero-order valence-electron chi connectivity index (χ0n) is 13.5. The minimum atomic E-state index is -0.833. The Morgan fingerprint density at radius 1 is 1.29 bits per heavy atom. The van der Waals surface area contributed by atoms with E-state index < -0.39 is 17.9 Å². The summed E-state index contributed by atoms with van der Waals surface area (Å²) in [5, 5.41) is 14.8. The molecule has 24 heavy (non-hydrogen) atoms. The van der Waals surface area contributed by atoms with Crippen LogP contribution in [0.5, 0.6) is 5.75 Å². The van der Waals surface area contributed by atoms with E-state index in [2.05, 4.69) is 10.6 Å². The summed E-state index contributed by atoms with van der Waals surface area (Å²) in [5.74, 6) is -0.704. The predicted molar refractivity (Wildman–Crippen MR) is 87.7 cm³/mol. The van der Waals surface area contributed by atoms with E-state index in [0.29, 0.717) is 17.2 Å². The highest BCUT2D eigenvalue weighted by atomic mass is 16.5. The molecule has 2 aromatic rings. The van der Waals surface area contributed by atoms with E-state index in [4.69, 9.17) is 9.15 Å². The van der Waals surface area contributed by atoms with Crippen molar-refractivity contribution in [2.24, 2.45) is 0 Å². The number of carbonyl (C=O) groups excluding carboxylic acids is 2. The third-order valence-corrected chi connectivity index (χ3v) is 3.38. The molecule has 2 rings (SSSR count).